The third-order valence-corrected chi connectivity index (χ3v) is 4.19. The Morgan fingerprint density at radius 3 is 1.58 bits per heavy atom. The normalized spacial score (nSPS) is 11.5. The first-order valence-corrected chi connectivity index (χ1v) is 9.89. The number of ether oxygens (including phenoxy) is 3. The van der Waals surface area contributed by atoms with Gasteiger partial charge in [0.05, 0.1) is 19.8 Å². The molecule has 0 amide bonds. The van der Waals surface area contributed by atoms with Crippen LogP contribution in [-0.4, -0.2) is 25.1 Å². The van der Waals surface area contributed by atoms with Crippen LogP contribution in [0.15, 0.2) is 12.1 Å². The zero-order valence-electron chi connectivity index (χ0n) is 17.1. The van der Waals surface area contributed by atoms with Crippen molar-refractivity contribution in [1.82, 2.24) is 0 Å². The van der Waals surface area contributed by atoms with Crippen molar-refractivity contribution in [2.75, 3.05) is 19.8 Å². The fourth-order valence-electron chi connectivity index (χ4n) is 2.39. The van der Waals surface area contributed by atoms with Crippen molar-refractivity contribution >= 4 is 0 Å². The Labute approximate surface area is 158 Å². The predicted molar refractivity (Wildman–Crippen MR) is 104 cm³/mol. The van der Waals surface area contributed by atoms with Gasteiger partial charge in [0.1, 0.15) is 11.4 Å². The summed E-state index contributed by atoms with van der Waals surface area (Å²) in [6.45, 7) is 11.8. The molecule has 0 saturated carbocycles. The zero-order valence-corrected chi connectivity index (χ0v) is 17.1. The second kappa shape index (κ2) is 12.0. The molecular formula is C21H36O5. The van der Waals surface area contributed by atoms with E-state index in [1.165, 1.54) is 0 Å². The highest BCUT2D eigenvalue weighted by atomic mass is 17.1. The Morgan fingerprint density at radius 1 is 0.731 bits per heavy atom. The molecule has 5 heteroatoms. The van der Waals surface area contributed by atoms with Crippen molar-refractivity contribution in [1.29, 1.82) is 0 Å². The maximum Gasteiger partial charge on any atom is 0.164 e. The minimum absolute atomic E-state index is 0.607. The lowest BCUT2D eigenvalue weighted by Crippen LogP contribution is -2.21. The molecule has 0 aliphatic carbocycles. The van der Waals surface area contributed by atoms with E-state index in [9.17, 15) is 5.26 Å². The Kier molecular flexibility index (Phi) is 10.4. The number of hydrogen-bond acceptors (Lipinski definition) is 5. The molecule has 0 aliphatic rings. The summed E-state index contributed by atoms with van der Waals surface area (Å²) < 4.78 is 17.9. The van der Waals surface area contributed by atoms with E-state index in [1.807, 2.05) is 12.1 Å². The van der Waals surface area contributed by atoms with Crippen molar-refractivity contribution in [2.45, 2.75) is 78.7 Å². The third kappa shape index (κ3) is 7.04. The van der Waals surface area contributed by atoms with Crippen LogP contribution in [-0.2, 0) is 10.5 Å². The topological polar surface area (TPSA) is 57.2 Å². The molecule has 1 rings (SSSR count). The van der Waals surface area contributed by atoms with Crippen LogP contribution in [0.2, 0.25) is 0 Å². The van der Waals surface area contributed by atoms with Crippen molar-refractivity contribution in [3.05, 3.63) is 17.7 Å². The van der Waals surface area contributed by atoms with Gasteiger partial charge in [-0.1, -0.05) is 40.0 Å². The summed E-state index contributed by atoms with van der Waals surface area (Å²) in [5.74, 6) is 2.00. The summed E-state index contributed by atoms with van der Waals surface area (Å²) in [6.07, 6.45) is 6.08. The van der Waals surface area contributed by atoms with E-state index in [1.54, 1.807) is 13.8 Å². The standard InChI is InChI=1S/C21H36O5/c1-6-9-12-23-18-16-20(25-14-11-8-3)19(24-13-10-7-2)15-17(18)21(4,5)26-22/h15-16,22H,6-14H2,1-5H3. The Morgan fingerprint density at radius 2 is 1.15 bits per heavy atom. The number of benzene rings is 1. The van der Waals surface area contributed by atoms with Crippen molar-refractivity contribution in [3.8, 4) is 17.2 Å². The lowest BCUT2D eigenvalue weighted by atomic mass is 9.96. The average Bonchev–Trinajstić information content (AvgIpc) is 2.63. The molecule has 0 atom stereocenters. The summed E-state index contributed by atoms with van der Waals surface area (Å²) in [5.41, 5.74) is -0.169. The van der Waals surface area contributed by atoms with Gasteiger partial charge in [-0.2, -0.15) is 0 Å². The Hall–Kier alpha value is -1.46. The molecule has 0 aliphatic heterocycles. The van der Waals surface area contributed by atoms with Crippen LogP contribution in [0, 0.1) is 0 Å². The summed E-state index contributed by atoms with van der Waals surface area (Å²) in [5, 5.41) is 9.36. The highest BCUT2D eigenvalue weighted by Crippen LogP contribution is 2.41. The molecule has 0 aromatic heterocycles. The van der Waals surface area contributed by atoms with E-state index in [4.69, 9.17) is 19.1 Å². The molecular weight excluding hydrogens is 332 g/mol. The quantitative estimate of drug-likeness (QED) is 0.250. The van der Waals surface area contributed by atoms with Crippen LogP contribution in [0.5, 0.6) is 17.2 Å². The summed E-state index contributed by atoms with van der Waals surface area (Å²) in [6, 6.07) is 3.73. The van der Waals surface area contributed by atoms with Gasteiger partial charge in [0.25, 0.3) is 0 Å². The maximum absolute atomic E-state index is 9.36. The highest BCUT2D eigenvalue weighted by molar-refractivity contribution is 5.52. The summed E-state index contributed by atoms with van der Waals surface area (Å²) in [7, 11) is 0. The molecule has 0 fully saturated rings. The molecule has 0 bridgehead atoms. The molecule has 0 saturated heterocycles. The van der Waals surface area contributed by atoms with Crippen molar-refractivity contribution in [3.63, 3.8) is 0 Å². The van der Waals surface area contributed by atoms with Crippen LogP contribution >= 0.6 is 0 Å². The second-order valence-corrected chi connectivity index (χ2v) is 7.00. The molecule has 0 radical (unpaired) electrons. The van der Waals surface area contributed by atoms with Gasteiger partial charge in [0.15, 0.2) is 11.5 Å². The lowest BCUT2D eigenvalue weighted by Gasteiger charge is -2.26. The minimum Gasteiger partial charge on any atom is -0.493 e. The SMILES string of the molecule is CCCCOc1cc(OCCCC)c(C(C)(C)OO)cc1OCCCC. The summed E-state index contributed by atoms with van der Waals surface area (Å²) in [4.78, 5) is 4.71. The number of hydrogen-bond donors (Lipinski definition) is 1. The van der Waals surface area contributed by atoms with E-state index >= 15 is 0 Å². The second-order valence-electron chi connectivity index (χ2n) is 7.00. The van der Waals surface area contributed by atoms with E-state index in [0.29, 0.717) is 37.1 Å². The highest BCUT2D eigenvalue weighted by Gasteiger charge is 2.28. The first-order valence-electron chi connectivity index (χ1n) is 9.89. The van der Waals surface area contributed by atoms with Gasteiger partial charge < -0.3 is 14.2 Å². The van der Waals surface area contributed by atoms with E-state index in [0.717, 1.165) is 44.1 Å². The average molecular weight is 369 g/mol. The largest absolute Gasteiger partial charge is 0.493 e. The molecule has 0 spiro atoms. The zero-order chi connectivity index (χ0) is 19.4. The summed E-state index contributed by atoms with van der Waals surface area (Å²) >= 11 is 0. The van der Waals surface area contributed by atoms with Crippen molar-refractivity contribution in [2.24, 2.45) is 0 Å². The molecule has 150 valence electrons. The molecule has 5 nitrogen and oxygen atoms in total. The van der Waals surface area contributed by atoms with Gasteiger partial charge >= 0.3 is 0 Å². The van der Waals surface area contributed by atoms with Gasteiger partial charge in [0.2, 0.25) is 0 Å². The van der Waals surface area contributed by atoms with Crippen LogP contribution in [0.25, 0.3) is 0 Å². The van der Waals surface area contributed by atoms with Crippen LogP contribution in [0.1, 0.15) is 78.7 Å². The minimum atomic E-state index is -0.910. The number of rotatable bonds is 14. The maximum atomic E-state index is 9.36. The van der Waals surface area contributed by atoms with Crippen LogP contribution in [0.3, 0.4) is 0 Å². The first kappa shape index (κ1) is 22.6. The Balaban J connectivity index is 3.19. The van der Waals surface area contributed by atoms with E-state index in [2.05, 4.69) is 20.8 Å². The van der Waals surface area contributed by atoms with Gasteiger partial charge in [0, 0.05) is 11.6 Å². The predicted octanol–water partition coefficient (Wildman–Crippen LogP) is 5.95. The molecule has 26 heavy (non-hydrogen) atoms. The fraction of sp³-hybridized carbons (Fsp3) is 0.714. The van der Waals surface area contributed by atoms with Crippen LogP contribution in [0.4, 0.5) is 0 Å². The van der Waals surface area contributed by atoms with Gasteiger partial charge in [-0.25, -0.2) is 4.89 Å². The first-order chi connectivity index (χ1) is 12.5. The smallest absolute Gasteiger partial charge is 0.164 e. The lowest BCUT2D eigenvalue weighted by molar-refractivity contribution is -0.318. The molecule has 0 unspecified atom stereocenters. The van der Waals surface area contributed by atoms with Gasteiger partial charge in [-0.3, -0.25) is 5.26 Å². The fourth-order valence-corrected chi connectivity index (χ4v) is 2.39. The van der Waals surface area contributed by atoms with E-state index in [-0.39, 0.29) is 0 Å². The molecule has 1 N–H and O–H groups in total. The van der Waals surface area contributed by atoms with Gasteiger partial charge in [-0.15, -0.1) is 0 Å². The van der Waals surface area contributed by atoms with Crippen LogP contribution < -0.4 is 14.2 Å². The van der Waals surface area contributed by atoms with Crippen molar-refractivity contribution < 1.29 is 24.4 Å². The molecule has 0 heterocycles. The van der Waals surface area contributed by atoms with Gasteiger partial charge in [-0.05, 0) is 39.2 Å². The molecule has 1 aromatic rings. The number of unbranched alkanes of at least 4 members (excludes halogenated alkanes) is 3. The Bertz CT molecular complexity index is 513. The third-order valence-electron chi connectivity index (χ3n) is 4.19. The van der Waals surface area contributed by atoms with E-state index < -0.39 is 5.60 Å². The monoisotopic (exact) mass is 368 g/mol. The molecule has 1 aromatic carbocycles.